The molecule has 0 saturated carbocycles. The van der Waals surface area contributed by atoms with Crippen LogP contribution in [0.25, 0.3) is 11.1 Å². The molecule has 2 aromatic rings. The summed E-state index contributed by atoms with van der Waals surface area (Å²) in [6.45, 7) is 2.06. The minimum atomic E-state index is 0. The second-order valence-electron chi connectivity index (χ2n) is 2.88. The standard InChI is InChI=1S/C12H9N.31Y/c1-10-5-2-3-7-12(10)11-6-4-8-13-9-11;;;;;;;;;;;;;;;;;;;;;;;;;;;;;;;/h2-5,8-9H,1H3;;;;;;;;;;;;;;;;;;;;;;;;;;;;;;;/q-2;;;;;;;;;;;;;;;;;;;;;;;;;;;;;;;. The molecule has 0 atom stereocenters. The minimum Gasteiger partial charge on any atom is -0.370 e. The van der Waals surface area contributed by atoms with Crippen molar-refractivity contribution in [1.29, 1.82) is 0 Å². The maximum Gasteiger partial charge on any atom is 0 e. The van der Waals surface area contributed by atoms with Gasteiger partial charge in [-0.3, -0.25) is 0 Å². The molecule has 0 N–H and O–H groups in total. The molecular formula is C12H9NY31-2. The summed E-state index contributed by atoms with van der Waals surface area (Å²) in [5.41, 5.74) is 3.28. The summed E-state index contributed by atoms with van der Waals surface area (Å²) < 4.78 is 0. The number of aryl methyl sites for hydroxylation is 1. The molecule has 2 rings (SSSR count). The molecule has 0 aliphatic rings. The summed E-state index contributed by atoms with van der Waals surface area (Å²) in [6.07, 6.45) is 3.53. The molecule has 1 nitrogen and oxygen atoms in total. The zero-order valence-electron chi connectivity index (χ0n) is 25.3. The van der Waals surface area contributed by atoms with E-state index >= 15 is 0 Å². The molecule has 0 aliphatic heterocycles. The van der Waals surface area contributed by atoms with Gasteiger partial charge in [0.2, 0.25) is 0 Å². The van der Waals surface area contributed by atoms with E-state index in [0.717, 1.165) is 11.1 Å². The molecule has 31 radical (unpaired) electrons. The van der Waals surface area contributed by atoms with Crippen LogP contribution in [0.2, 0.25) is 0 Å². The number of pyridine rings is 1. The van der Waals surface area contributed by atoms with Crippen molar-refractivity contribution < 1.29 is 1010 Å². The maximum absolute atomic E-state index is 4.05. The molecule has 1 heterocycles. The Morgan fingerprint density at radius 3 is 0.864 bits per heavy atom. The van der Waals surface area contributed by atoms with Crippen LogP contribution in [0.5, 0.6) is 0 Å². The van der Waals surface area contributed by atoms with E-state index in [1.54, 1.807) is 12.4 Å². The Labute approximate surface area is 1050 Å². The molecule has 44 heavy (non-hydrogen) atoms. The van der Waals surface area contributed by atoms with Crippen LogP contribution in [0.1, 0.15) is 5.56 Å². The summed E-state index contributed by atoms with van der Waals surface area (Å²) in [5.74, 6) is 0. The van der Waals surface area contributed by atoms with E-state index in [0.29, 0.717) is 0 Å². The summed E-state index contributed by atoms with van der Waals surface area (Å²) in [7, 11) is 0. The fourth-order valence-electron chi connectivity index (χ4n) is 1.27. The first-order valence-electron chi connectivity index (χ1n) is 4.17. The van der Waals surface area contributed by atoms with Crippen LogP contribution in [0.4, 0.5) is 0 Å². The van der Waals surface area contributed by atoms with Gasteiger partial charge >= 0.3 is 0 Å². The van der Waals surface area contributed by atoms with Gasteiger partial charge in [-0.15, -0.1) is 12.1 Å². The van der Waals surface area contributed by atoms with E-state index < -0.39 is 0 Å². The van der Waals surface area contributed by atoms with Crippen molar-refractivity contribution in [2.75, 3.05) is 0 Å². The van der Waals surface area contributed by atoms with Gasteiger partial charge in [-0.25, -0.2) is 11.1 Å². The van der Waals surface area contributed by atoms with Crippen molar-refractivity contribution >= 4 is 0 Å². The van der Waals surface area contributed by atoms with Crippen LogP contribution in [0, 0.1) is 19.1 Å². The first-order valence-corrected chi connectivity index (χ1v) is 4.17. The molecule has 1 aromatic carbocycles. The first kappa shape index (κ1) is 202. The van der Waals surface area contributed by atoms with E-state index in [1.807, 2.05) is 18.2 Å². The van der Waals surface area contributed by atoms with E-state index in [1.165, 1.54) is 5.56 Å². The normalized spacial score (nSPS) is 2.93. The summed E-state index contributed by atoms with van der Waals surface area (Å²) >= 11 is 0. The van der Waals surface area contributed by atoms with E-state index in [4.69, 9.17) is 0 Å². The Balaban J connectivity index is -0.00000000226. The zero-order chi connectivity index (χ0) is 9.10. The number of aromatic nitrogens is 1. The van der Waals surface area contributed by atoms with E-state index in [2.05, 4.69) is 30.1 Å². The molecule has 1 aromatic heterocycles. The maximum atomic E-state index is 4.05. The van der Waals surface area contributed by atoms with Gasteiger partial charge in [0.25, 0.3) is 0 Å². The van der Waals surface area contributed by atoms with Gasteiger partial charge in [0, 0.05) is 1010 Å². The smallest absolute Gasteiger partial charge is 0 e. The first-order chi connectivity index (χ1) is 6.38. The quantitative estimate of drug-likeness (QED) is 0.401. The van der Waals surface area contributed by atoms with Crippen LogP contribution < -0.4 is 0 Å². The van der Waals surface area contributed by atoms with Crippen LogP contribution in [-0.2, 0) is 1010 Å². The molecule has 0 saturated heterocycles. The topological polar surface area (TPSA) is 12.9 Å². The van der Waals surface area contributed by atoms with Crippen molar-refractivity contribution in [3.05, 3.63) is 54.4 Å². The van der Waals surface area contributed by atoms with Gasteiger partial charge in [-0.2, -0.15) is 29.8 Å². The number of benzene rings is 1. The Kier molecular flexibility index (Phi) is 753. The Morgan fingerprint density at radius 2 is 0.659 bits per heavy atom. The SMILES string of the molecule is Cc1ccc[c-]c1-c1[c-]ccnc1.[Y].[Y].[Y].[Y].[Y].[Y].[Y].[Y].[Y].[Y].[Y].[Y].[Y].[Y].[Y].[Y].[Y].[Y].[Y].[Y].[Y].[Y].[Y].[Y].[Y].[Y].[Y].[Y].[Y].[Y].[Y]. The molecule has 0 spiro atoms. The van der Waals surface area contributed by atoms with Crippen molar-refractivity contribution in [2.24, 2.45) is 0 Å². The molecule has 0 unspecified atom stereocenters. The van der Waals surface area contributed by atoms with Crippen LogP contribution in [-0.4, -0.2) is 4.98 Å². The largest absolute Gasteiger partial charge is 0.370 e. The number of hydrogen-bond acceptors (Lipinski definition) is 1. The number of rotatable bonds is 1. The third-order valence-corrected chi connectivity index (χ3v) is 1.94. The second kappa shape index (κ2) is 164. The fraction of sp³-hybridized carbons (Fsp3) is 0.0833. The molecule has 32 heteroatoms. The Hall–Kier alpha value is 32.6. The second-order valence-corrected chi connectivity index (χ2v) is 2.88. The molecular weight excluding hydrogens is 2910 g/mol. The van der Waals surface area contributed by atoms with Gasteiger partial charge in [0.15, 0.2) is 0 Å². The summed E-state index contributed by atoms with van der Waals surface area (Å²) in [6, 6.07) is 14.1. The van der Waals surface area contributed by atoms with Crippen molar-refractivity contribution in [2.45, 2.75) is 6.92 Å². The van der Waals surface area contributed by atoms with Crippen molar-refractivity contribution in [3.63, 3.8) is 0 Å². The van der Waals surface area contributed by atoms with E-state index in [-0.39, 0.29) is 1010 Å². The third-order valence-electron chi connectivity index (χ3n) is 1.94. The monoisotopic (exact) mass is 2920 g/mol. The fourth-order valence-corrected chi connectivity index (χ4v) is 1.27. The average Bonchev–Trinajstić information content (AvgIpc) is 2.20. The van der Waals surface area contributed by atoms with Gasteiger partial charge in [0.05, 0.1) is 0 Å². The number of hydrogen-bond donors (Lipinski definition) is 0. The van der Waals surface area contributed by atoms with Gasteiger partial charge in [-0.05, 0) is 0 Å². The molecule has 0 aliphatic carbocycles. The minimum absolute atomic E-state index is 0. The molecule has 0 fully saturated rings. The van der Waals surface area contributed by atoms with Gasteiger partial charge in [-0.1, -0.05) is 19.3 Å². The van der Waals surface area contributed by atoms with E-state index in [9.17, 15) is 0 Å². The molecule has 0 bridgehead atoms. The van der Waals surface area contributed by atoms with Gasteiger partial charge in [0.1, 0.15) is 0 Å². The van der Waals surface area contributed by atoms with Crippen LogP contribution in [0.3, 0.4) is 0 Å². The Bertz CT molecular complexity index is 431. The van der Waals surface area contributed by atoms with Crippen LogP contribution >= 0.6 is 0 Å². The van der Waals surface area contributed by atoms with Gasteiger partial charge < -0.3 is 4.98 Å². The van der Waals surface area contributed by atoms with Crippen molar-refractivity contribution in [1.82, 2.24) is 4.98 Å². The average molecular weight is 2920 g/mol. The molecule has 0 amide bonds. The number of nitrogens with zero attached hydrogens (tertiary/aromatic N) is 1. The summed E-state index contributed by atoms with van der Waals surface area (Å²) in [4.78, 5) is 4.05. The molecule has 157 valence electrons. The zero-order valence-corrected chi connectivity index (χ0v) is 113. The Morgan fingerprint density at radius 1 is 0.386 bits per heavy atom. The predicted molar refractivity (Wildman–Crippen MR) is 52.1 cm³/mol. The van der Waals surface area contributed by atoms with Crippen LogP contribution in [0.15, 0.2) is 36.7 Å². The summed E-state index contributed by atoms with van der Waals surface area (Å²) in [5, 5.41) is 0. The third kappa shape index (κ3) is 131. The predicted octanol–water partition coefficient (Wildman–Crippen LogP) is 2.58. The van der Waals surface area contributed by atoms with Crippen molar-refractivity contribution in [3.8, 4) is 11.1 Å².